The highest BCUT2D eigenvalue weighted by Crippen LogP contribution is 2.26. The first kappa shape index (κ1) is 19.3. The van der Waals surface area contributed by atoms with E-state index in [-0.39, 0.29) is 11.9 Å². The summed E-state index contributed by atoms with van der Waals surface area (Å²) in [4.78, 5) is 12.1. The fourth-order valence-corrected chi connectivity index (χ4v) is 3.10. The Morgan fingerprint density at radius 1 is 1.08 bits per heavy atom. The smallest absolute Gasteiger partial charge is 0.220 e. The lowest BCUT2D eigenvalue weighted by atomic mass is 10.1. The summed E-state index contributed by atoms with van der Waals surface area (Å²) >= 11 is 3.51. The first-order valence-corrected chi connectivity index (χ1v) is 9.29. The summed E-state index contributed by atoms with van der Waals surface area (Å²) in [5.41, 5.74) is 1.07. The van der Waals surface area contributed by atoms with Crippen molar-refractivity contribution in [3.05, 3.63) is 58.6 Å². The summed E-state index contributed by atoms with van der Waals surface area (Å²) in [7, 11) is 0. The van der Waals surface area contributed by atoms with Crippen molar-refractivity contribution in [1.82, 2.24) is 5.32 Å². The van der Waals surface area contributed by atoms with E-state index in [0.29, 0.717) is 31.8 Å². The van der Waals surface area contributed by atoms with E-state index in [1.54, 1.807) is 0 Å². The van der Waals surface area contributed by atoms with Gasteiger partial charge in [0, 0.05) is 10.9 Å². The molecule has 0 aliphatic carbocycles. The second-order valence-corrected chi connectivity index (χ2v) is 6.50. The Kier molecular flexibility index (Phi) is 7.79. The summed E-state index contributed by atoms with van der Waals surface area (Å²) in [5.74, 6) is 1.47. The third-order valence-electron chi connectivity index (χ3n) is 3.70. The molecule has 0 spiro atoms. The van der Waals surface area contributed by atoms with Gasteiger partial charge in [0.1, 0.15) is 0 Å². The van der Waals surface area contributed by atoms with Crippen LogP contribution in [0.1, 0.15) is 38.3 Å². The molecule has 2 rings (SSSR count). The Hall–Kier alpha value is -2.01. The van der Waals surface area contributed by atoms with Crippen molar-refractivity contribution < 1.29 is 14.3 Å². The number of nitrogens with one attached hydrogen (secondary N) is 1. The molecule has 0 aliphatic heterocycles. The quantitative estimate of drug-likeness (QED) is 0.604. The normalized spacial score (nSPS) is 11.6. The molecule has 1 N–H and O–H groups in total. The number of hydrogen-bond donors (Lipinski definition) is 1. The second-order valence-electron chi connectivity index (χ2n) is 5.64. The molecule has 0 aliphatic rings. The molecule has 0 fully saturated rings. The van der Waals surface area contributed by atoms with Crippen molar-refractivity contribution >= 4 is 21.8 Å². The molecule has 1 unspecified atom stereocenters. The molecule has 2 aromatic carbocycles. The minimum absolute atomic E-state index is 0.0185. The minimum atomic E-state index is -0.0392. The van der Waals surface area contributed by atoms with Crippen LogP contribution in [-0.4, -0.2) is 19.1 Å². The van der Waals surface area contributed by atoms with Gasteiger partial charge in [0.25, 0.3) is 0 Å². The summed E-state index contributed by atoms with van der Waals surface area (Å²) in [6.07, 6.45) is 1.07. The average molecular weight is 406 g/mol. The monoisotopic (exact) mass is 405 g/mol. The van der Waals surface area contributed by atoms with Gasteiger partial charge in [-0.15, -0.1) is 0 Å². The number of ether oxygens (including phenoxy) is 2. The molecule has 1 atom stereocenters. The van der Waals surface area contributed by atoms with Crippen molar-refractivity contribution in [2.75, 3.05) is 13.2 Å². The SMILES string of the molecule is CCOc1ccccc1OCCCC(=O)NC(C)c1ccccc1Br. The number of carbonyl (C=O) groups excluding carboxylic acids is 1. The van der Waals surface area contributed by atoms with Crippen LogP contribution in [0.5, 0.6) is 11.5 Å². The molecule has 4 nitrogen and oxygen atoms in total. The van der Waals surface area contributed by atoms with Gasteiger partial charge in [-0.3, -0.25) is 4.79 Å². The Balaban J connectivity index is 1.75. The summed E-state index contributed by atoms with van der Waals surface area (Å²) in [6.45, 7) is 4.98. The minimum Gasteiger partial charge on any atom is -0.490 e. The largest absolute Gasteiger partial charge is 0.490 e. The molecule has 1 amide bonds. The van der Waals surface area contributed by atoms with Gasteiger partial charge in [-0.2, -0.15) is 0 Å². The van der Waals surface area contributed by atoms with E-state index in [0.717, 1.165) is 15.8 Å². The van der Waals surface area contributed by atoms with E-state index in [4.69, 9.17) is 9.47 Å². The van der Waals surface area contributed by atoms with Crippen molar-refractivity contribution in [3.8, 4) is 11.5 Å². The Morgan fingerprint density at radius 2 is 1.72 bits per heavy atom. The lowest BCUT2D eigenvalue weighted by Crippen LogP contribution is -2.27. The number of amides is 1. The predicted octanol–water partition coefficient (Wildman–Crippen LogP) is 4.88. The van der Waals surface area contributed by atoms with Crippen LogP contribution >= 0.6 is 15.9 Å². The third-order valence-corrected chi connectivity index (χ3v) is 4.43. The summed E-state index contributed by atoms with van der Waals surface area (Å²) < 4.78 is 12.3. The number of benzene rings is 2. The van der Waals surface area contributed by atoms with Crippen molar-refractivity contribution in [2.45, 2.75) is 32.7 Å². The van der Waals surface area contributed by atoms with Crippen LogP contribution in [0.2, 0.25) is 0 Å². The molecule has 0 saturated carbocycles. The third kappa shape index (κ3) is 6.09. The summed E-state index contributed by atoms with van der Waals surface area (Å²) in [5, 5.41) is 3.02. The van der Waals surface area contributed by atoms with Gasteiger partial charge in [0.15, 0.2) is 11.5 Å². The highest BCUT2D eigenvalue weighted by molar-refractivity contribution is 9.10. The first-order valence-electron chi connectivity index (χ1n) is 8.50. The maximum atomic E-state index is 12.1. The van der Waals surface area contributed by atoms with Gasteiger partial charge in [-0.05, 0) is 44.0 Å². The van der Waals surface area contributed by atoms with E-state index >= 15 is 0 Å². The second kappa shape index (κ2) is 10.1. The number of rotatable bonds is 9. The topological polar surface area (TPSA) is 47.6 Å². The molecule has 0 radical (unpaired) electrons. The first-order chi connectivity index (χ1) is 12.1. The maximum Gasteiger partial charge on any atom is 0.220 e. The van der Waals surface area contributed by atoms with Crippen LogP contribution in [0.15, 0.2) is 53.0 Å². The molecular weight excluding hydrogens is 382 g/mol. The van der Waals surface area contributed by atoms with E-state index in [1.807, 2.05) is 62.4 Å². The van der Waals surface area contributed by atoms with Gasteiger partial charge in [-0.25, -0.2) is 0 Å². The van der Waals surface area contributed by atoms with Gasteiger partial charge in [0.2, 0.25) is 5.91 Å². The van der Waals surface area contributed by atoms with Gasteiger partial charge < -0.3 is 14.8 Å². The molecule has 0 saturated heterocycles. The number of hydrogen-bond acceptors (Lipinski definition) is 3. The molecule has 25 heavy (non-hydrogen) atoms. The van der Waals surface area contributed by atoms with Crippen molar-refractivity contribution in [1.29, 1.82) is 0 Å². The maximum absolute atomic E-state index is 12.1. The van der Waals surface area contributed by atoms with Gasteiger partial charge in [0.05, 0.1) is 19.3 Å². The fourth-order valence-electron chi connectivity index (χ4n) is 2.48. The molecule has 5 heteroatoms. The van der Waals surface area contributed by atoms with Crippen molar-refractivity contribution in [3.63, 3.8) is 0 Å². The average Bonchev–Trinajstić information content (AvgIpc) is 2.60. The van der Waals surface area contributed by atoms with Crippen LogP contribution in [0.25, 0.3) is 0 Å². The van der Waals surface area contributed by atoms with E-state index in [9.17, 15) is 4.79 Å². The lowest BCUT2D eigenvalue weighted by molar-refractivity contribution is -0.121. The zero-order valence-corrected chi connectivity index (χ0v) is 16.2. The van der Waals surface area contributed by atoms with Crippen LogP contribution in [-0.2, 0) is 4.79 Å². The molecule has 0 bridgehead atoms. The Morgan fingerprint density at radius 3 is 2.40 bits per heavy atom. The van der Waals surface area contributed by atoms with Crippen LogP contribution < -0.4 is 14.8 Å². The fraction of sp³-hybridized carbons (Fsp3) is 0.350. The van der Waals surface area contributed by atoms with E-state index in [1.165, 1.54) is 0 Å². The zero-order chi connectivity index (χ0) is 18.1. The molecule has 134 valence electrons. The summed E-state index contributed by atoms with van der Waals surface area (Å²) in [6, 6.07) is 15.4. The Bertz CT molecular complexity index is 690. The highest BCUT2D eigenvalue weighted by Gasteiger charge is 2.12. The zero-order valence-electron chi connectivity index (χ0n) is 14.6. The Labute approximate surface area is 157 Å². The van der Waals surface area contributed by atoms with Crippen LogP contribution in [0.4, 0.5) is 0 Å². The van der Waals surface area contributed by atoms with Crippen LogP contribution in [0, 0.1) is 0 Å². The molecular formula is C20H24BrNO3. The molecule has 0 aromatic heterocycles. The van der Waals surface area contributed by atoms with Gasteiger partial charge in [-0.1, -0.05) is 46.3 Å². The number of para-hydroxylation sites is 2. The van der Waals surface area contributed by atoms with E-state index in [2.05, 4.69) is 21.2 Å². The standard InChI is InChI=1S/C20H24BrNO3/c1-3-24-18-11-6-7-12-19(18)25-14-8-13-20(23)22-15(2)16-9-4-5-10-17(16)21/h4-7,9-12,15H,3,8,13-14H2,1-2H3,(H,22,23). The van der Waals surface area contributed by atoms with Gasteiger partial charge >= 0.3 is 0 Å². The van der Waals surface area contributed by atoms with Crippen LogP contribution in [0.3, 0.4) is 0 Å². The lowest BCUT2D eigenvalue weighted by Gasteiger charge is -2.16. The molecule has 2 aromatic rings. The molecule has 0 heterocycles. The van der Waals surface area contributed by atoms with Crippen molar-refractivity contribution in [2.24, 2.45) is 0 Å². The number of halogens is 1. The van der Waals surface area contributed by atoms with E-state index < -0.39 is 0 Å². The number of carbonyl (C=O) groups is 1. The highest BCUT2D eigenvalue weighted by atomic mass is 79.9. The predicted molar refractivity (Wildman–Crippen MR) is 103 cm³/mol.